The summed E-state index contributed by atoms with van der Waals surface area (Å²) in [5.41, 5.74) is 0.503. The molecular formula is C12H14N2O3. The quantitative estimate of drug-likeness (QED) is 0.683. The van der Waals surface area contributed by atoms with Gasteiger partial charge in [-0.05, 0) is 6.07 Å². The zero-order valence-electron chi connectivity index (χ0n) is 9.24. The summed E-state index contributed by atoms with van der Waals surface area (Å²) in [6.07, 6.45) is 1.56. The van der Waals surface area contributed by atoms with E-state index < -0.39 is 18.8 Å². The molecular weight excluding hydrogens is 220 g/mol. The molecule has 0 saturated carbocycles. The smallest absolute Gasteiger partial charge is 0.147 e. The van der Waals surface area contributed by atoms with Gasteiger partial charge >= 0.3 is 0 Å². The van der Waals surface area contributed by atoms with E-state index in [1.165, 1.54) is 0 Å². The molecule has 1 heterocycles. The Balaban J connectivity index is 2.58. The molecule has 1 aromatic carbocycles. The maximum Gasteiger partial charge on any atom is 0.147 e. The number of aliphatic hydroxyl groups is 3. The van der Waals surface area contributed by atoms with E-state index in [9.17, 15) is 15.3 Å². The van der Waals surface area contributed by atoms with Crippen molar-refractivity contribution in [3.05, 3.63) is 29.8 Å². The Hall–Kier alpha value is -1.56. The van der Waals surface area contributed by atoms with E-state index >= 15 is 0 Å². The molecule has 3 N–H and O–H groups in total. The molecule has 0 aromatic heterocycles. The van der Waals surface area contributed by atoms with E-state index in [0.717, 1.165) is 5.56 Å². The van der Waals surface area contributed by atoms with Gasteiger partial charge in [-0.25, -0.2) is 0 Å². The van der Waals surface area contributed by atoms with Gasteiger partial charge in [0.05, 0.1) is 31.2 Å². The van der Waals surface area contributed by atoms with Crippen LogP contribution in [0.2, 0.25) is 0 Å². The van der Waals surface area contributed by atoms with Crippen LogP contribution < -0.4 is 0 Å². The Morgan fingerprint density at radius 1 is 1.06 bits per heavy atom. The van der Waals surface area contributed by atoms with Crippen molar-refractivity contribution in [2.24, 2.45) is 9.98 Å². The van der Waals surface area contributed by atoms with Gasteiger partial charge in [0.2, 0.25) is 0 Å². The van der Waals surface area contributed by atoms with E-state index in [0.29, 0.717) is 5.69 Å². The third-order valence-corrected chi connectivity index (χ3v) is 2.85. The molecule has 0 radical (unpaired) electrons. The number of para-hydroxylation sites is 1. The van der Waals surface area contributed by atoms with Crippen molar-refractivity contribution in [2.75, 3.05) is 19.8 Å². The van der Waals surface area contributed by atoms with Crippen molar-refractivity contribution < 1.29 is 15.3 Å². The topological polar surface area (TPSA) is 85.4 Å². The first-order valence-corrected chi connectivity index (χ1v) is 5.30. The molecule has 0 saturated heterocycles. The average Bonchev–Trinajstić information content (AvgIpc) is 2.55. The van der Waals surface area contributed by atoms with Crippen LogP contribution in [0, 0.1) is 0 Å². The Morgan fingerprint density at radius 3 is 2.41 bits per heavy atom. The molecule has 2 rings (SSSR count). The van der Waals surface area contributed by atoms with Crippen molar-refractivity contribution in [2.45, 2.75) is 5.54 Å². The average molecular weight is 234 g/mol. The molecule has 0 fully saturated rings. The van der Waals surface area contributed by atoms with Crippen LogP contribution in [0.25, 0.3) is 0 Å². The van der Waals surface area contributed by atoms with E-state index in [4.69, 9.17) is 0 Å². The molecule has 1 aliphatic heterocycles. The molecule has 1 aliphatic rings. The first kappa shape index (κ1) is 11.9. The first-order chi connectivity index (χ1) is 8.25. The number of benzene rings is 1. The third kappa shape index (κ3) is 2.00. The SMILES string of the molecule is OCC1=Nc2ccccc2C=NC1(CO)CO. The highest BCUT2D eigenvalue weighted by molar-refractivity contribution is 6.02. The predicted molar refractivity (Wildman–Crippen MR) is 65.1 cm³/mol. The number of rotatable bonds is 3. The van der Waals surface area contributed by atoms with Gasteiger partial charge in [0.25, 0.3) is 0 Å². The van der Waals surface area contributed by atoms with Gasteiger partial charge in [-0.15, -0.1) is 0 Å². The maximum absolute atomic E-state index is 9.38. The van der Waals surface area contributed by atoms with Gasteiger partial charge in [0.15, 0.2) is 0 Å². The molecule has 0 bridgehead atoms. The summed E-state index contributed by atoms with van der Waals surface area (Å²) in [6, 6.07) is 7.31. The number of hydrogen-bond donors (Lipinski definition) is 3. The van der Waals surface area contributed by atoms with Gasteiger partial charge in [0, 0.05) is 11.8 Å². The molecule has 90 valence electrons. The normalized spacial score (nSPS) is 17.2. The fraction of sp³-hybridized carbons (Fsp3) is 0.333. The number of fused-ring (bicyclic) bond motifs is 1. The van der Waals surface area contributed by atoms with Crippen molar-refractivity contribution >= 4 is 17.6 Å². The van der Waals surface area contributed by atoms with E-state index in [2.05, 4.69) is 9.98 Å². The summed E-state index contributed by atoms with van der Waals surface area (Å²) in [4.78, 5) is 8.44. The Morgan fingerprint density at radius 2 is 1.76 bits per heavy atom. The summed E-state index contributed by atoms with van der Waals surface area (Å²) in [5.74, 6) is 0. The largest absolute Gasteiger partial charge is 0.393 e. The summed E-state index contributed by atoms with van der Waals surface area (Å²) in [5, 5.41) is 28.1. The van der Waals surface area contributed by atoms with Crippen molar-refractivity contribution in [3.63, 3.8) is 0 Å². The molecule has 0 unspecified atom stereocenters. The summed E-state index contributed by atoms with van der Waals surface area (Å²) >= 11 is 0. The number of aliphatic imine (C=N–C) groups is 2. The lowest BCUT2D eigenvalue weighted by Gasteiger charge is -2.25. The standard InChI is InChI=1S/C12H14N2O3/c15-6-11-12(7-16,8-17)13-5-9-3-1-2-4-10(9)14-11/h1-5,15-17H,6-8H2. The molecule has 0 aliphatic carbocycles. The Bertz CT molecular complexity index is 465. The van der Waals surface area contributed by atoms with Gasteiger partial charge in [-0.3, -0.25) is 9.98 Å². The van der Waals surface area contributed by atoms with Crippen molar-refractivity contribution in [1.82, 2.24) is 0 Å². The van der Waals surface area contributed by atoms with Crippen LogP contribution in [0.4, 0.5) is 5.69 Å². The van der Waals surface area contributed by atoms with Crippen LogP contribution in [0.3, 0.4) is 0 Å². The van der Waals surface area contributed by atoms with E-state index in [-0.39, 0.29) is 12.3 Å². The summed E-state index contributed by atoms with van der Waals surface area (Å²) in [7, 11) is 0. The van der Waals surface area contributed by atoms with Crippen LogP contribution in [-0.4, -0.2) is 52.6 Å². The lowest BCUT2D eigenvalue weighted by molar-refractivity contribution is 0.160. The molecule has 17 heavy (non-hydrogen) atoms. The van der Waals surface area contributed by atoms with Crippen molar-refractivity contribution in [1.29, 1.82) is 0 Å². The van der Waals surface area contributed by atoms with Gasteiger partial charge < -0.3 is 15.3 Å². The number of nitrogens with zero attached hydrogens (tertiary/aromatic N) is 2. The van der Waals surface area contributed by atoms with Crippen LogP contribution in [0.1, 0.15) is 5.56 Å². The lowest BCUT2D eigenvalue weighted by atomic mass is 9.96. The minimum absolute atomic E-state index is 0.267. The summed E-state index contributed by atoms with van der Waals surface area (Å²) in [6.45, 7) is -1.15. The maximum atomic E-state index is 9.38. The first-order valence-electron chi connectivity index (χ1n) is 5.30. The molecule has 5 heteroatoms. The lowest BCUT2D eigenvalue weighted by Crippen LogP contribution is -2.45. The summed E-state index contributed by atoms with van der Waals surface area (Å²) < 4.78 is 0. The third-order valence-electron chi connectivity index (χ3n) is 2.85. The predicted octanol–water partition coefficient (Wildman–Crippen LogP) is -0.0927. The van der Waals surface area contributed by atoms with Gasteiger partial charge in [-0.1, -0.05) is 18.2 Å². The van der Waals surface area contributed by atoms with Gasteiger partial charge in [0.1, 0.15) is 5.54 Å². The van der Waals surface area contributed by atoms with Crippen LogP contribution in [-0.2, 0) is 0 Å². The monoisotopic (exact) mass is 234 g/mol. The van der Waals surface area contributed by atoms with Crippen molar-refractivity contribution in [3.8, 4) is 0 Å². The second-order valence-electron chi connectivity index (χ2n) is 3.88. The molecule has 0 spiro atoms. The molecule has 1 aromatic rings. The second-order valence-corrected chi connectivity index (χ2v) is 3.88. The number of aliphatic hydroxyl groups excluding tert-OH is 3. The fourth-order valence-electron chi connectivity index (χ4n) is 1.71. The van der Waals surface area contributed by atoms with E-state index in [1.54, 1.807) is 12.3 Å². The zero-order chi connectivity index (χ0) is 12.3. The molecule has 0 atom stereocenters. The van der Waals surface area contributed by atoms with Gasteiger partial charge in [-0.2, -0.15) is 0 Å². The highest BCUT2D eigenvalue weighted by Crippen LogP contribution is 2.25. The van der Waals surface area contributed by atoms with Crippen LogP contribution >= 0.6 is 0 Å². The Labute approximate surface area is 98.8 Å². The second kappa shape index (κ2) is 4.75. The van der Waals surface area contributed by atoms with Crippen LogP contribution in [0.15, 0.2) is 34.3 Å². The van der Waals surface area contributed by atoms with E-state index in [1.807, 2.05) is 18.2 Å². The highest BCUT2D eigenvalue weighted by atomic mass is 16.3. The number of hydrogen-bond acceptors (Lipinski definition) is 5. The fourth-order valence-corrected chi connectivity index (χ4v) is 1.71. The minimum atomic E-state index is -1.23. The minimum Gasteiger partial charge on any atom is -0.393 e. The molecule has 5 nitrogen and oxygen atoms in total. The zero-order valence-corrected chi connectivity index (χ0v) is 9.24. The highest BCUT2D eigenvalue weighted by Gasteiger charge is 2.35. The Kier molecular flexibility index (Phi) is 3.33. The molecule has 0 amide bonds. The van der Waals surface area contributed by atoms with Crippen LogP contribution in [0.5, 0.6) is 0 Å².